The van der Waals surface area contributed by atoms with Crippen molar-refractivity contribution in [2.75, 3.05) is 0 Å². The Balaban J connectivity index is 1.50. The van der Waals surface area contributed by atoms with Gasteiger partial charge in [-0.25, -0.2) is 0 Å². The third kappa shape index (κ3) is 4.26. The SMILES string of the molecule is CC[C@@H](NC(=O)c1ccc2c(c1)CN(C1CCC(=O)CC1=O)C2=O)c1cccc(Cl)c1. The molecule has 1 unspecified atom stereocenters. The van der Waals surface area contributed by atoms with E-state index in [9.17, 15) is 19.2 Å². The van der Waals surface area contributed by atoms with Gasteiger partial charge in [0, 0.05) is 29.1 Å². The van der Waals surface area contributed by atoms with Crippen molar-refractivity contribution in [3.8, 4) is 0 Å². The van der Waals surface area contributed by atoms with Crippen molar-refractivity contribution in [1.29, 1.82) is 0 Å². The third-order valence-electron chi connectivity index (χ3n) is 5.98. The average molecular weight is 439 g/mol. The van der Waals surface area contributed by atoms with Gasteiger partial charge in [0.1, 0.15) is 5.78 Å². The molecule has 1 heterocycles. The molecule has 0 radical (unpaired) electrons. The van der Waals surface area contributed by atoms with Gasteiger partial charge in [0.15, 0.2) is 5.78 Å². The zero-order valence-corrected chi connectivity index (χ0v) is 17.9. The van der Waals surface area contributed by atoms with E-state index in [1.165, 1.54) is 4.90 Å². The zero-order valence-electron chi connectivity index (χ0n) is 17.2. The first-order valence-electron chi connectivity index (χ1n) is 10.4. The lowest BCUT2D eigenvalue weighted by atomic mass is 9.92. The van der Waals surface area contributed by atoms with Gasteiger partial charge >= 0.3 is 0 Å². The second kappa shape index (κ2) is 8.63. The number of rotatable bonds is 5. The van der Waals surface area contributed by atoms with Gasteiger partial charge in [-0.15, -0.1) is 0 Å². The Hall–Kier alpha value is -2.99. The van der Waals surface area contributed by atoms with Gasteiger partial charge in [-0.05, 0) is 54.3 Å². The van der Waals surface area contributed by atoms with Gasteiger partial charge in [-0.3, -0.25) is 19.2 Å². The summed E-state index contributed by atoms with van der Waals surface area (Å²) >= 11 is 6.08. The molecule has 2 aromatic carbocycles. The van der Waals surface area contributed by atoms with Crippen molar-refractivity contribution >= 4 is 35.0 Å². The van der Waals surface area contributed by atoms with E-state index >= 15 is 0 Å². The zero-order chi connectivity index (χ0) is 22.1. The number of ketones is 2. The molecule has 4 rings (SSSR count). The highest BCUT2D eigenvalue weighted by Crippen LogP contribution is 2.30. The Bertz CT molecular complexity index is 1080. The molecule has 2 atom stereocenters. The number of nitrogens with zero attached hydrogens (tertiary/aromatic N) is 1. The second-order valence-corrected chi connectivity index (χ2v) is 8.47. The smallest absolute Gasteiger partial charge is 0.255 e. The summed E-state index contributed by atoms with van der Waals surface area (Å²) in [6.07, 6.45) is 1.26. The largest absolute Gasteiger partial charge is 0.345 e. The number of carbonyl (C=O) groups excluding carboxylic acids is 4. The number of Topliss-reactive ketones (excluding diaryl/α,β-unsaturated/α-hetero) is 2. The first-order valence-corrected chi connectivity index (χ1v) is 10.8. The summed E-state index contributed by atoms with van der Waals surface area (Å²) in [5.41, 5.74) is 2.61. The predicted molar refractivity (Wildman–Crippen MR) is 116 cm³/mol. The molecular formula is C24H23ClN2O4. The molecule has 160 valence electrons. The van der Waals surface area contributed by atoms with Crippen LogP contribution in [0.5, 0.6) is 0 Å². The van der Waals surface area contributed by atoms with Crippen LogP contribution in [-0.2, 0) is 16.1 Å². The summed E-state index contributed by atoms with van der Waals surface area (Å²) in [5, 5.41) is 3.64. The second-order valence-electron chi connectivity index (χ2n) is 8.03. The summed E-state index contributed by atoms with van der Waals surface area (Å²) in [6.45, 7) is 2.25. The van der Waals surface area contributed by atoms with E-state index in [0.29, 0.717) is 35.4 Å². The number of hydrogen-bond donors (Lipinski definition) is 1. The first-order chi connectivity index (χ1) is 14.9. The van der Waals surface area contributed by atoms with E-state index in [1.54, 1.807) is 24.3 Å². The van der Waals surface area contributed by atoms with Crippen molar-refractivity contribution in [3.05, 3.63) is 69.7 Å². The van der Waals surface area contributed by atoms with E-state index < -0.39 is 6.04 Å². The Morgan fingerprint density at radius 2 is 2.00 bits per heavy atom. The summed E-state index contributed by atoms with van der Waals surface area (Å²) in [6, 6.07) is 11.6. The van der Waals surface area contributed by atoms with Crippen LogP contribution in [0, 0.1) is 0 Å². The molecule has 1 aliphatic carbocycles. The fourth-order valence-corrected chi connectivity index (χ4v) is 4.51. The fraction of sp³-hybridized carbons (Fsp3) is 0.333. The molecule has 6 nitrogen and oxygen atoms in total. The molecule has 0 bridgehead atoms. The maximum absolute atomic E-state index is 12.9. The van der Waals surface area contributed by atoms with Crippen LogP contribution in [0.2, 0.25) is 5.02 Å². The van der Waals surface area contributed by atoms with Crippen molar-refractivity contribution < 1.29 is 19.2 Å². The van der Waals surface area contributed by atoms with Gasteiger partial charge in [0.05, 0.1) is 18.5 Å². The number of benzene rings is 2. The summed E-state index contributed by atoms with van der Waals surface area (Å²) in [7, 11) is 0. The number of halogens is 1. The number of amides is 2. The molecular weight excluding hydrogens is 416 g/mol. The molecule has 2 amide bonds. The van der Waals surface area contributed by atoms with Crippen LogP contribution >= 0.6 is 11.6 Å². The highest BCUT2D eigenvalue weighted by molar-refractivity contribution is 6.30. The van der Waals surface area contributed by atoms with Crippen molar-refractivity contribution in [2.45, 2.75) is 51.2 Å². The highest BCUT2D eigenvalue weighted by atomic mass is 35.5. The lowest BCUT2D eigenvalue weighted by molar-refractivity contribution is -0.133. The minimum absolute atomic E-state index is 0.0745. The Morgan fingerprint density at radius 3 is 2.71 bits per heavy atom. The quantitative estimate of drug-likeness (QED) is 0.718. The molecule has 2 aromatic rings. The summed E-state index contributed by atoms with van der Waals surface area (Å²) in [5.74, 6) is -0.739. The van der Waals surface area contributed by atoms with E-state index in [2.05, 4.69) is 5.32 Å². The van der Waals surface area contributed by atoms with Crippen LogP contribution in [0.3, 0.4) is 0 Å². The minimum atomic E-state index is -0.567. The van der Waals surface area contributed by atoms with Crippen molar-refractivity contribution in [3.63, 3.8) is 0 Å². The topological polar surface area (TPSA) is 83.6 Å². The molecule has 31 heavy (non-hydrogen) atoms. The van der Waals surface area contributed by atoms with Gasteiger partial charge in [0.2, 0.25) is 0 Å². The predicted octanol–water partition coefficient (Wildman–Crippen LogP) is 3.87. The van der Waals surface area contributed by atoms with E-state index in [-0.39, 0.29) is 42.4 Å². The lowest BCUT2D eigenvalue weighted by Gasteiger charge is -2.29. The normalized spacial score (nSPS) is 19.4. The maximum Gasteiger partial charge on any atom is 0.255 e. The molecule has 2 aliphatic rings. The van der Waals surface area contributed by atoms with Crippen LogP contribution in [0.4, 0.5) is 0 Å². The molecule has 7 heteroatoms. The average Bonchev–Trinajstić information content (AvgIpc) is 3.07. The molecule has 1 N–H and O–H groups in total. The number of fused-ring (bicyclic) bond motifs is 1. The van der Waals surface area contributed by atoms with Crippen LogP contribution < -0.4 is 5.32 Å². The van der Waals surface area contributed by atoms with Crippen molar-refractivity contribution in [2.24, 2.45) is 0 Å². The monoisotopic (exact) mass is 438 g/mol. The van der Waals surface area contributed by atoms with Crippen LogP contribution in [0.25, 0.3) is 0 Å². The molecule has 1 aliphatic heterocycles. The van der Waals surface area contributed by atoms with Crippen LogP contribution in [-0.4, -0.2) is 34.3 Å². The van der Waals surface area contributed by atoms with Crippen LogP contribution in [0.15, 0.2) is 42.5 Å². The summed E-state index contributed by atoms with van der Waals surface area (Å²) < 4.78 is 0. The Morgan fingerprint density at radius 1 is 1.19 bits per heavy atom. The van der Waals surface area contributed by atoms with E-state index in [1.807, 2.05) is 25.1 Å². The number of carbonyl (C=O) groups is 4. The highest BCUT2D eigenvalue weighted by Gasteiger charge is 2.39. The summed E-state index contributed by atoms with van der Waals surface area (Å²) in [4.78, 5) is 51.0. The standard InChI is InChI=1S/C24H23ClN2O4/c1-2-20(14-4-3-5-17(25)11-14)26-23(30)15-6-8-19-16(10-15)13-27(24(19)31)21-9-7-18(28)12-22(21)29/h3-6,8,10-11,20-21H,2,7,9,12-13H2,1H3,(H,26,30)/t20-,21?/m1/s1. The Kier molecular flexibility index (Phi) is 5.92. The van der Waals surface area contributed by atoms with Crippen LogP contribution in [0.1, 0.15) is 70.5 Å². The lowest BCUT2D eigenvalue weighted by Crippen LogP contribution is -2.44. The Labute approximate surface area is 185 Å². The van der Waals surface area contributed by atoms with E-state index in [4.69, 9.17) is 11.6 Å². The maximum atomic E-state index is 12.9. The van der Waals surface area contributed by atoms with Crippen molar-refractivity contribution in [1.82, 2.24) is 10.2 Å². The number of nitrogens with one attached hydrogen (secondary N) is 1. The molecule has 1 fully saturated rings. The van der Waals surface area contributed by atoms with Gasteiger partial charge in [-0.1, -0.05) is 30.7 Å². The number of hydrogen-bond acceptors (Lipinski definition) is 4. The molecule has 0 aromatic heterocycles. The van der Waals surface area contributed by atoms with E-state index in [0.717, 1.165) is 11.1 Å². The minimum Gasteiger partial charge on any atom is -0.345 e. The molecule has 1 saturated carbocycles. The molecule has 0 saturated heterocycles. The van der Waals surface area contributed by atoms with Gasteiger partial charge in [-0.2, -0.15) is 0 Å². The fourth-order valence-electron chi connectivity index (χ4n) is 4.31. The van der Waals surface area contributed by atoms with Gasteiger partial charge in [0.25, 0.3) is 11.8 Å². The van der Waals surface area contributed by atoms with Gasteiger partial charge < -0.3 is 10.2 Å². The first kappa shape index (κ1) is 21.2. The molecule has 0 spiro atoms. The third-order valence-corrected chi connectivity index (χ3v) is 6.22.